The first-order valence-electron chi connectivity index (χ1n) is 5.86. The zero-order valence-electron chi connectivity index (χ0n) is 9.23. The third-order valence-corrected chi connectivity index (χ3v) is 4.62. The van der Waals surface area contributed by atoms with E-state index >= 15 is 0 Å². The molecule has 0 saturated heterocycles. The van der Waals surface area contributed by atoms with E-state index in [0.29, 0.717) is 5.25 Å². The first kappa shape index (κ1) is 12.3. The lowest BCUT2D eigenvalue weighted by Gasteiger charge is -2.19. The van der Waals surface area contributed by atoms with Crippen LogP contribution < -0.4 is 0 Å². The van der Waals surface area contributed by atoms with E-state index < -0.39 is 0 Å². The average Bonchev–Trinajstić information content (AvgIpc) is 2.45. The van der Waals surface area contributed by atoms with Crippen molar-refractivity contribution < 1.29 is 5.11 Å². The first-order valence-corrected chi connectivity index (χ1v) is 7.12. The van der Waals surface area contributed by atoms with Crippen LogP contribution in [-0.2, 0) is 0 Å². The van der Waals surface area contributed by atoms with Crippen LogP contribution in [0.5, 0.6) is 0 Å². The van der Waals surface area contributed by atoms with Crippen molar-refractivity contribution in [3.05, 3.63) is 29.3 Å². The number of rotatable bonds is 2. The van der Waals surface area contributed by atoms with E-state index in [-0.39, 0.29) is 6.10 Å². The molecule has 3 heteroatoms. The molecule has 1 N–H and O–H groups in total. The van der Waals surface area contributed by atoms with Crippen LogP contribution in [0.3, 0.4) is 0 Å². The van der Waals surface area contributed by atoms with Gasteiger partial charge in [0.2, 0.25) is 0 Å². The zero-order chi connectivity index (χ0) is 11.4. The van der Waals surface area contributed by atoms with Crippen molar-refractivity contribution >= 4 is 23.4 Å². The molecule has 0 bridgehead atoms. The maximum absolute atomic E-state index is 10.0. The Hall–Kier alpha value is -0.180. The molecule has 1 aromatic rings. The Labute approximate surface area is 106 Å². The highest BCUT2D eigenvalue weighted by atomic mass is 35.5. The minimum Gasteiger partial charge on any atom is -0.392 e. The van der Waals surface area contributed by atoms with E-state index in [9.17, 15) is 5.11 Å². The molecule has 1 fully saturated rings. The summed E-state index contributed by atoms with van der Waals surface area (Å²) in [6, 6.07) is 7.89. The summed E-state index contributed by atoms with van der Waals surface area (Å²) in [5, 5.41) is 11.1. The third-order valence-electron chi connectivity index (χ3n) is 3.00. The van der Waals surface area contributed by atoms with Crippen LogP contribution >= 0.6 is 23.4 Å². The Morgan fingerprint density at radius 3 is 2.81 bits per heavy atom. The van der Waals surface area contributed by atoms with Crippen LogP contribution in [0.1, 0.15) is 32.1 Å². The fraction of sp³-hybridized carbons (Fsp3) is 0.538. The number of hydrogen-bond donors (Lipinski definition) is 1. The van der Waals surface area contributed by atoms with Crippen LogP contribution in [0.4, 0.5) is 0 Å². The molecule has 1 nitrogen and oxygen atoms in total. The van der Waals surface area contributed by atoms with Crippen molar-refractivity contribution in [3.63, 3.8) is 0 Å². The van der Waals surface area contributed by atoms with Gasteiger partial charge in [-0.2, -0.15) is 0 Å². The molecule has 16 heavy (non-hydrogen) atoms. The lowest BCUT2D eigenvalue weighted by molar-refractivity contribution is 0.163. The van der Waals surface area contributed by atoms with Crippen molar-refractivity contribution in [2.45, 2.75) is 48.4 Å². The van der Waals surface area contributed by atoms with Crippen LogP contribution in [0.25, 0.3) is 0 Å². The smallest absolute Gasteiger partial charge is 0.0662 e. The number of benzene rings is 1. The van der Waals surface area contributed by atoms with Crippen LogP contribution in [0.2, 0.25) is 5.02 Å². The third kappa shape index (κ3) is 3.41. The summed E-state index contributed by atoms with van der Waals surface area (Å²) < 4.78 is 0. The number of aliphatic hydroxyl groups excluding tert-OH is 1. The average molecular weight is 257 g/mol. The molecule has 0 heterocycles. The van der Waals surface area contributed by atoms with E-state index in [1.807, 2.05) is 18.2 Å². The minimum absolute atomic E-state index is 0.161. The Morgan fingerprint density at radius 2 is 2.00 bits per heavy atom. The van der Waals surface area contributed by atoms with Gasteiger partial charge in [-0.1, -0.05) is 36.9 Å². The first-order chi connectivity index (χ1) is 7.75. The van der Waals surface area contributed by atoms with Gasteiger partial charge in [0.1, 0.15) is 0 Å². The molecular weight excluding hydrogens is 240 g/mol. The second kappa shape index (κ2) is 5.95. The molecular formula is C13H17ClOS. The Bertz CT molecular complexity index is 342. The van der Waals surface area contributed by atoms with Crippen molar-refractivity contribution in [2.75, 3.05) is 0 Å². The molecule has 1 aliphatic rings. The van der Waals surface area contributed by atoms with Crippen molar-refractivity contribution in [1.82, 2.24) is 0 Å². The van der Waals surface area contributed by atoms with E-state index in [2.05, 4.69) is 6.07 Å². The van der Waals surface area contributed by atoms with Crippen molar-refractivity contribution in [2.24, 2.45) is 0 Å². The summed E-state index contributed by atoms with van der Waals surface area (Å²) >= 11 is 7.72. The van der Waals surface area contributed by atoms with Crippen LogP contribution in [-0.4, -0.2) is 16.5 Å². The summed E-state index contributed by atoms with van der Waals surface area (Å²) in [6.07, 6.45) is 5.54. The van der Waals surface area contributed by atoms with Crippen LogP contribution in [0, 0.1) is 0 Å². The minimum atomic E-state index is -0.161. The monoisotopic (exact) mass is 256 g/mol. The van der Waals surface area contributed by atoms with Gasteiger partial charge in [0, 0.05) is 15.2 Å². The van der Waals surface area contributed by atoms with E-state index in [0.717, 1.165) is 24.3 Å². The molecule has 1 saturated carbocycles. The predicted molar refractivity (Wildman–Crippen MR) is 70.2 cm³/mol. The Morgan fingerprint density at radius 1 is 1.19 bits per heavy atom. The highest BCUT2D eigenvalue weighted by Gasteiger charge is 2.22. The van der Waals surface area contributed by atoms with Crippen molar-refractivity contribution in [3.8, 4) is 0 Å². The molecule has 2 rings (SSSR count). The molecule has 0 radical (unpaired) electrons. The Balaban J connectivity index is 2.02. The van der Waals surface area contributed by atoms with Gasteiger partial charge in [0.25, 0.3) is 0 Å². The largest absolute Gasteiger partial charge is 0.392 e. The maximum atomic E-state index is 10.0. The normalized spacial score (nSPS) is 26.4. The van der Waals surface area contributed by atoms with Gasteiger partial charge < -0.3 is 5.11 Å². The van der Waals surface area contributed by atoms with Crippen molar-refractivity contribution in [1.29, 1.82) is 0 Å². The topological polar surface area (TPSA) is 20.2 Å². The summed E-state index contributed by atoms with van der Waals surface area (Å²) in [5.74, 6) is 0. The van der Waals surface area contributed by atoms with Gasteiger partial charge in [-0.05, 0) is 31.0 Å². The van der Waals surface area contributed by atoms with Gasteiger partial charge >= 0.3 is 0 Å². The lowest BCUT2D eigenvalue weighted by Crippen LogP contribution is -2.21. The lowest BCUT2D eigenvalue weighted by atomic mass is 10.1. The second-order valence-corrected chi connectivity index (χ2v) is 6.07. The van der Waals surface area contributed by atoms with E-state index in [1.165, 1.54) is 17.7 Å². The second-order valence-electron chi connectivity index (χ2n) is 4.32. The quantitative estimate of drug-likeness (QED) is 0.803. The highest BCUT2D eigenvalue weighted by molar-refractivity contribution is 8.00. The molecule has 1 aromatic carbocycles. The van der Waals surface area contributed by atoms with E-state index in [1.54, 1.807) is 11.8 Å². The summed E-state index contributed by atoms with van der Waals surface area (Å²) in [7, 11) is 0. The molecule has 2 atom stereocenters. The number of hydrogen-bond acceptors (Lipinski definition) is 2. The molecule has 1 aliphatic carbocycles. The molecule has 0 amide bonds. The fourth-order valence-electron chi connectivity index (χ4n) is 2.11. The van der Waals surface area contributed by atoms with E-state index in [4.69, 9.17) is 11.6 Å². The standard InChI is InChI=1S/C13H17ClOS/c14-10-5-4-6-11(9-10)16-13-8-3-1-2-7-12(13)15/h4-6,9,12-13,15H,1-3,7-8H2. The Kier molecular flexibility index (Phi) is 4.56. The molecule has 0 aliphatic heterocycles. The number of thioether (sulfide) groups is 1. The summed E-state index contributed by atoms with van der Waals surface area (Å²) in [5.41, 5.74) is 0. The zero-order valence-corrected chi connectivity index (χ0v) is 10.8. The maximum Gasteiger partial charge on any atom is 0.0662 e. The molecule has 0 aromatic heterocycles. The van der Waals surface area contributed by atoms with Gasteiger partial charge in [-0.25, -0.2) is 0 Å². The van der Waals surface area contributed by atoms with Crippen LogP contribution in [0.15, 0.2) is 29.2 Å². The number of halogens is 1. The molecule has 88 valence electrons. The summed E-state index contributed by atoms with van der Waals surface area (Å²) in [4.78, 5) is 1.17. The van der Waals surface area contributed by atoms with Gasteiger partial charge in [-0.15, -0.1) is 11.8 Å². The SMILES string of the molecule is OC1CCCCCC1Sc1cccc(Cl)c1. The predicted octanol–water partition coefficient (Wildman–Crippen LogP) is 4.13. The molecule has 2 unspecified atom stereocenters. The molecule has 0 spiro atoms. The summed E-state index contributed by atoms with van der Waals surface area (Å²) in [6.45, 7) is 0. The van der Waals surface area contributed by atoms with Gasteiger partial charge in [-0.3, -0.25) is 0 Å². The fourth-order valence-corrected chi connectivity index (χ4v) is 3.64. The highest BCUT2D eigenvalue weighted by Crippen LogP contribution is 2.33. The van der Waals surface area contributed by atoms with Gasteiger partial charge in [0.05, 0.1) is 6.10 Å². The number of aliphatic hydroxyl groups is 1. The van der Waals surface area contributed by atoms with Gasteiger partial charge in [0.15, 0.2) is 0 Å².